The van der Waals surface area contributed by atoms with Crippen molar-refractivity contribution in [1.82, 2.24) is 0 Å². The Morgan fingerprint density at radius 2 is 1.90 bits per heavy atom. The van der Waals surface area contributed by atoms with Crippen molar-refractivity contribution in [2.75, 3.05) is 0 Å². The molecule has 0 nitrogen and oxygen atoms in total. The lowest BCUT2D eigenvalue weighted by atomic mass is 10.2. The molecule has 0 saturated carbocycles. The lowest BCUT2D eigenvalue weighted by Gasteiger charge is -2.05. The van der Waals surface area contributed by atoms with Crippen LogP contribution in [0.2, 0.25) is 0 Å². The molecule has 1 heterocycles. The van der Waals surface area contributed by atoms with E-state index in [4.69, 9.17) is 0 Å². The predicted octanol–water partition coefficient (Wildman–Crippen LogP) is 3.96. The fourth-order valence-corrected chi connectivity index (χ4v) is 1.30. The number of hydrogen-bond donors (Lipinski definition) is 0. The van der Waals surface area contributed by atoms with Crippen LogP contribution >= 0.6 is 11.8 Å². The van der Waals surface area contributed by atoms with Gasteiger partial charge in [-0.15, -0.1) is 11.8 Å². The Hall–Kier alpha value is -0.170. The third-order valence-electron chi connectivity index (χ3n) is 1.37. The molecule has 0 aromatic carbocycles. The van der Waals surface area contributed by atoms with Crippen molar-refractivity contribution in [2.45, 2.75) is 34.1 Å². The average molecular weight is 156 g/mol. The summed E-state index contributed by atoms with van der Waals surface area (Å²) in [5.74, 6) is 0. The van der Waals surface area contributed by atoms with Crippen molar-refractivity contribution in [2.24, 2.45) is 0 Å². The third kappa shape index (κ3) is 3.11. The van der Waals surface area contributed by atoms with Gasteiger partial charge in [0, 0.05) is 0 Å². The van der Waals surface area contributed by atoms with E-state index in [1.54, 1.807) is 0 Å². The lowest BCUT2D eigenvalue weighted by Crippen LogP contribution is -1.80. The smallest absolute Gasteiger partial charge is 0.0122 e. The first kappa shape index (κ1) is 9.83. The van der Waals surface area contributed by atoms with Crippen LogP contribution in [0.4, 0.5) is 0 Å². The van der Waals surface area contributed by atoms with Crippen molar-refractivity contribution in [3.8, 4) is 0 Å². The van der Waals surface area contributed by atoms with Gasteiger partial charge in [0.25, 0.3) is 0 Å². The van der Waals surface area contributed by atoms with Gasteiger partial charge in [0.15, 0.2) is 0 Å². The van der Waals surface area contributed by atoms with Gasteiger partial charge >= 0.3 is 0 Å². The van der Waals surface area contributed by atoms with E-state index in [0.29, 0.717) is 0 Å². The highest BCUT2D eigenvalue weighted by molar-refractivity contribution is 8.05. The van der Waals surface area contributed by atoms with Crippen molar-refractivity contribution in [3.63, 3.8) is 0 Å². The minimum absolute atomic E-state index is 1.15. The maximum atomic E-state index is 2.20. The average Bonchev–Trinajstić information content (AvgIpc) is 2.00. The molecule has 0 bridgehead atoms. The Morgan fingerprint density at radius 1 is 1.30 bits per heavy atom. The van der Waals surface area contributed by atoms with Gasteiger partial charge in [-0.05, 0) is 30.6 Å². The van der Waals surface area contributed by atoms with Gasteiger partial charge in [0.1, 0.15) is 0 Å². The second-order valence-electron chi connectivity index (χ2n) is 2.03. The van der Waals surface area contributed by atoms with Crippen molar-refractivity contribution >= 4 is 11.8 Å². The Balaban J connectivity index is 0.000000371. The molecule has 0 unspecified atom stereocenters. The van der Waals surface area contributed by atoms with Gasteiger partial charge in [-0.25, -0.2) is 0 Å². The minimum atomic E-state index is 1.15. The molecule has 1 heteroatoms. The van der Waals surface area contributed by atoms with Gasteiger partial charge in [0.05, 0.1) is 0 Å². The maximum Gasteiger partial charge on any atom is -0.0122 e. The Morgan fingerprint density at radius 3 is 2.20 bits per heavy atom. The molecule has 0 spiro atoms. The summed E-state index contributed by atoms with van der Waals surface area (Å²) >= 11 is 1.83. The molecule has 0 amide bonds. The van der Waals surface area contributed by atoms with Crippen LogP contribution in [0.25, 0.3) is 0 Å². The SMILES string of the molecule is CC.CC1=C(C)SC=CC1. The summed E-state index contributed by atoms with van der Waals surface area (Å²) < 4.78 is 0. The number of thioether (sulfide) groups is 1. The van der Waals surface area contributed by atoms with E-state index in [2.05, 4.69) is 25.3 Å². The van der Waals surface area contributed by atoms with Crippen LogP contribution in [-0.2, 0) is 0 Å². The topological polar surface area (TPSA) is 0 Å². The van der Waals surface area contributed by atoms with Gasteiger partial charge in [-0.2, -0.15) is 0 Å². The second kappa shape index (κ2) is 5.60. The molecular formula is C9H16S. The van der Waals surface area contributed by atoms with Crippen LogP contribution in [0.15, 0.2) is 22.0 Å². The molecule has 1 aliphatic heterocycles. The molecule has 0 fully saturated rings. The van der Waals surface area contributed by atoms with Crippen molar-refractivity contribution in [3.05, 3.63) is 22.0 Å². The Bertz CT molecular complexity index is 127. The van der Waals surface area contributed by atoms with E-state index in [1.807, 2.05) is 25.6 Å². The van der Waals surface area contributed by atoms with E-state index < -0.39 is 0 Å². The highest BCUT2D eigenvalue weighted by atomic mass is 32.2. The molecule has 0 aliphatic carbocycles. The van der Waals surface area contributed by atoms with E-state index >= 15 is 0 Å². The van der Waals surface area contributed by atoms with Gasteiger partial charge in [-0.3, -0.25) is 0 Å². The van der Waals surface area contributed by atoms with Crippen LogP contribution in [0.1, 0.15) is 34.1 Å². The molecule has 0 aromatic rings. The highest BCUT2D eigenvalue weighted by Gasteiger charge is 1.97. The number of hydrogen-bond acceptors (Lipinski definition) is 1. The van der Waals surface area contributed by atoms with Crippen LogP contribution < -0.4 is 0 Å². The maximum absolute atomic E-state index is 2.20. The molecular weight excluding hydrogens is 140 g/mol. The summed E-state index contributed by atoms with van der Waals surface area (Å²) in [6, 6.07) is 0. The summed E-state index contributed by atoms with van der Waals surface area (Å²) in [4.78, 5) is 1.47. The quantitative estimate of drug-likeness (QED) is 0.511. The van der Waals surface area contributed by atoms with E-state index in [0.717, 1.165) is 6.42 Å². The fourth-order valence-electron chi connectivity index (χ4n) is 0.619. The fraction of sp³-hybridized carbons (Fsp3) is 0.556. The second-order valence-corrected chi connectivity index (χ2v) is 3.15. The summed E-state index contributed by atoms with van der Waals surface area (Å²) in [5.41, 5.74) is 1.51. The first-order valence-electron chi connectivity index (χ1n) is 3.78. The summed E-state index contributed by atoms with van der Waals surface area (Å²) in [6.45, 7) is 8.36. The third-order valence-corrected chi connectivity index (χ3v) is 2.40. The van der Waals surface area contributed by atoms with Gasteiger partial charge in [-0.1, -0.05) is 25.5 Å². The summed E-state index contributed by atoms with van der Waals surface area (Å²) in [7, 11) is 0. The van der Waals surface area contributed by atoms with E-state index in [9.17, 15) is 0 Å². The Kier molecular flexibility index (Phi) is 5.51. The largest absolute Gasteiger partial charge is 0.103 e. The lowest BCUT2D eigenvalue weighted by molar-refractivity contribution is 1.18. The predicted molar refractivity (Wildman–Crippen MR) is 51.1 cm³/mol. The van der Waals surface area contributed by atoms with Gasteiger partial charge in [0.2, 0.25) is 0 Å². The zero-order valence-corrected chi connectivity index (χ0v) is 8.09. The molecule has 1 rings (SSSR count). The normalized spacial score (nSPS) is 16.4. The van der Waals surface area contributed by atoms with E-state index in [-0.39, 0.29) is 0 Å². The standard InChI is InChI=1S/C7H10S.C2H6/c1-6-4-3-5-8-7(6)2;1-2/h3,5H,4H2,1-2H3;1-2H3. The minimum Gasteiger partial charge on any atom is -0.103 e. The highest BCUT2D eigenvalue weighted by Crippen LogP contribution is 2.26. The summed E-state index contributed by atoms with van der Waals surface area (Å²) in [6.07, 6.45) is 3.35. The number of allylic oxidation sites excluding steroid dienone is 3. The Labute approximate surface area is 68.4 Å². The van der Waals surface area contributed by atoms with Gasteiger partial charge < -0.3 is 0 Å². The van der Waals surface area contributed by atoms with E-state index in [1.165, 1.54) is 10.5 Å². The van der Waals surface area contributed by atoms with Crippen LogP contribution in [0, 0.1) is 0 Å². The zero-order chi connectivity index (χ0) is 7.98. The van der Waals surface area contributed by atoms with Crippen LogP contribution in [0.5, 0.6) is 0 Å². The molecule has 0 radical (unpaired) electrons. The molecule has 0 saturated heterocycles. The van der Waals surface area contributed by atoms with Crippen molar-refractivity contribution in [1.29, 1.82) is 0 Å². The molecule has 1 aliphatic rings. The van der Waals surface area contributed by atoms with Crippen LogP contribution in [0.3, 0.4) is 0 Å². The molecule has 58 valence electrons. The zero-order valence-electron chi connectivity index (χ0n) is 7.27. The van der Waals surface area contributed by atoms with Crippen LogP contribution in [-0.4, -0.2) is 0 Å². The molecule has 0 N–H and O–H groups in total. The number of rotatable bonds is 0. The molecule has 0 atom stereocenters. The summed E-state index contributed by atoms with van der Waals surface area (Å²) in [5, 5.41) is 2.16. The first-order chi connectivity index (χ1) is 4.80. The molecule has 0 aromatic heterocycles. The monoisotopic (exact) mass is 156 g/mol. The van der Waals surface area contributed by atoms with Crippen molar-refractivity contribution < 1.29 is 0 Å². The molecule has 10 heavy (non-hydrogen) atoms. The first-order valence-corrected chi connectivity index (χ1v) is 4.66.